The number of nitrogens with zero attached hydrogens (tertiary/aromatic N) is 1. The van der Waals surface area contributed by atoms with Gasteiger partial charge < -0.3 is 28.6 Å². The van der Waals surface area contributed by atoms with E-state index < -0.39 is 5.79 Å². The molecule has 2 unspecified atom stereocenters. The first kappa shape index (κ1) is 17.6. The third-order valence-electron chi connectivity index (χ3n) is 4.89. The molecule has 0 N–H and O–H groups in total. The van der Waals surface area contributed by atoms with Crippen molar-refractivity contribution in [3.05, 3.63) is 23.8 Å². The normalized spacial score (nSPS) is 26.2. The van der Waals surface area contributed by atoms with Crippen LogP contribution in [0.3, 0.4) is 0 Å². The lowest BCUT2D eigenvalue weighted by Gasteiger charge is -2.28. The van der Waals surface area contributed by atoms with Crippen molar-refractivity contribution in [3.63, 3.8) is 0 Å². The Hall–Kier alpha value is -1.83. The van der Waals surface area contributed by atoms with Crippen LogP contribution in [0.5, 0.6) is 11.5 Å². The number of ether oxygens (including phenoxy) is 5. The van der Waals surface area contributed by atoms with Crippen molar-refractivity contribution >= 4 is 5.91 Å². The van der Waals surface area contributed by atoms with Gasteiger partial charge in [-0.25, -0.2) is 0 Å². The van der Waals surface area contributed by atoms with E-state index in [1.165, 1.54) is 0 Å². The lowest BCUT2D eigenvalue weighted by Crippen LogP contribution is -2.42. The Kier molecular flexibility index (Phi) is 4.77. The van der Waals surface area contributed by atoms with Gasteiger partial charge in [0, 0.05) is 19.7 Å². The standard InChI is InChI=1S/C19H25NO6/c1-19(2)25-11-15(26-19)9-20(18(21)14-5-6-22-10-14)8-13-3-4-16-17(7-13)24-12-23-16/h3-4,7,14-15H,5-6,8-12H2,1-2H3. The highest BCUT2D eigenvalue weighted by molar-refractivity contribution is 5.79. The van der Waals surface area contributed by atoms with Gasteiger partial charge in [0.1, 0.15) is 6.10 Å². The first-order chi connectivity index (χ1) is 12.5. The zero-order valence-corrected chi connectivity index (χ0v) is 15.2. The molecule has 7 heteroatoms. The predicted octanol–water partition coefficient (Wildman–Crippen LogP) is 1.93. The van der Waals surface area contributed by atoms with Crippen LogP contribution in [0, 0.1) is 5.92 Å². The molecular formula is C19H25NO6. The third-order valence-corrected chi connectivity index (χ3v) is 4.89. The molecule has 3 aliphatic rings. The zero-order valence-electron chi connectivity index (χ0n) is 15.2. The van der Waals surface area contributed by atoms with Gasteiger partial charge in [0.2, 0.25) is 12.7 Å². The van der Waals surface area contributed by atoms with Crippen LogP contribution in [0.25, 0.3) is 0 Å². The molecule has 1 aromatic rings. The molecule has 0 bridgehead atoms. The summed E-state index contributed by atoms with van der Waals surface area (Å²) in [6.07, 6.45) is 0.634. The Balaban J connectivity index is 1.49. The molecule has 0 radical (unpaired) electrons. The summed E-state index contributed by atoms with van der Waals surface area (Å²) in [6.45, 7) is 6.62. The minimum atomic E-state index is -0.603. The molecule has 3 aliphatic heterocycles. The number of benzene rings is 1. The van der Waals surface area contributed by atoms with Crippen molar-refractivity contribution in [2.75, 3.05) is 33.2 Å². The van der Waals surface area contributed by atoms with E-state index in [9.17, 15) is 4.79 Å². The van der Waals surface area contributed by atoms with E-state index in [0.717, 1.165) is 23.5 Å². The molecule has 0 spiro atoms. The Labute approximate surface area is 153 Å². The van der Waals surface area contributed by atoms with Crippen LogP contribution >= 0.6 is 0 Å². The van der Waals surface area contributed by atoms with Gasteiger partial charge in [-0.05, 0) is 38.0 Å². The second-order valence-electron chi connectivity index (χ2n) is 7.42. The highest BCUT2D eigenvalue weighted by Gasteiger charge is 2.36. The lowest BCUT2D eigenvalue weighted by atomic mass is 10.1. The first-order valence-electron chi connectivity index (χ1n) is 9.07. The van der Waals surface area contributed by atoms with Crippen molar-refractivity contribution in [1.82, 2.24) is 4.90 Å². The average molecular weight is 363 g/mol. The van der Waals surface area contributed by atoms with Gasteiger partial charge in [0.25, 0.3) is 0 Å². The van der Waals surface area contributed by atoms with Crippen LogP contribution in [-0.2, 0) is 25.5 Å². The fourth-order valence-electron chi connectivity index (χ4n) is 3.58. The summed E-state index contributed by atoms with van der Waals surface area (Å²) in [6, 6.07) is 5.79. The number of fused-ring (bicyclic) bond motifs is 1. The Bertz CT molecular complexity index is 670. The molecule has 0 aromatic heterocycles. The van der Waals surface area contributed by atoms with Crippen molar-refractivity contribution in [3.8, 4) is 11.5 Å². The number of amides is 1. The largest absolute Gasteiger partial charge is 0.454 e. The molecule has 26 heavy (non-hydrogen) atoms. The second-order valence-corrected chi connectivity index (χ2v) is 7.42. The fourth-order valence-corrected chi connectivity index (χ4v) is 3.58. The van der Waals surface area contributed by atoms with Gasteiger partial charge in [-0.15, -0.1) is 0 Å². The Morgan fingerprint density at radius 1 is 1.23 bits per heavy atom. The zero-order chi connectivity index (χ0) is 18.1. The number of carbonyl (C=O) groups excluding carboxylic acids is 1. The summed E-state index contributed by atoms with van der Waals surface area (Å²) >= 11 is 0. The summed E-state index contributed by atoms with van der Waals surface area (Å²) in [4.78, 5) is 14.9. The molecule has 142 valence electrons. The first-order valence-corrected chi connectivity index (χ1v) is 9.07. The maximum absolute atomic E-state index is 13.0. The quantitative estimate of drug-likeness (QED) is 0.796. The minimum absolute atomic E-state index is 0.0839. The molecule has 2 fully saturated rings. The topological polar surface area (TPSA) is 66.5 Å². The van der Waals surface area contributed by atoms with Crippen LogP contribution < -0.4 is 9.47 Å². The van der Waals surface area contributed by atoms with Gasteiger partial charge in [-0.3, -0.25) is 4.79 Å². The number of carbonyl (C=O) groups is 1. The van der Waals surface area contributed by atoms with Crippen molar-refractivity contribution in [2.24, 2.45) is 5.92 Å². The predicted molar refractivity (Wildman–Crippen MR) is 91.8 cm³/mol. The summed E-state index contributed by atoms with van der Waals surface area (Å²) in [5, 5.41) is 0. The molecule has 0 aliphatic carbocycles. The van der Waals surface area contributed by atoms with Crippen LogP contribution in [0.4, 0.5) is 0 Å². The van der Waals surface area contributed by atoms with E-state index in [4.69, 9.17) is 23.7 Å². The van der Waals surface area contributed by atoms with E-state index in [1.54, 1.807) is 0 Å². The molecule has 7 nitrogen and oxygen atoms in total. The lowest BCUT2D eigenvalue weighted by molar-refractivity contribution is -0.148. The SMILES string of the molecule is CC1(C)OCC(CN(Cc2ccc3c(c2)OCO3)C(=O)C2CCOC2)O1. The minimum Gasteiger partial charge on any atom is -0.454 e. The van der Waals surface area contributed by atoms with Crippen LogP contribution in [0.1, 0.15) is 25.8 Å². The molecule has 1 aromatic carbocycles. The van der Waals surface area contributed by atoms with E-state index in [0.29, 0.717) is 32.9 Å². The number of hydrogen-bond donors (Lipinski definition) is 0. The summed E-state index contributed by atoms with van der Waals surface area (Å²) < 4.78 is 27.8. The number of hydrogen-bond acceptors (Lipinski definition) is 6. The molecule has 1 amide bonds. The van der Waals surface area contributed by atoms with Gasteiger partial charge in [0.15, 0.2) is 17.3 Å². The van der Waals surface area contributed by atoms with Gasteiger partial charge in [-0.2, -0.15) is 0 Å². The smallest absolute Gasteiger partial charge is 0.231 e. The highest BCUT2D eigenvalue weighted by Crippen LogP contribution is 2.33. The van der Waals surface area contributed by atoms with Crippen LogP contribution in [0.15, 0.2) is 18.2 Å². The van der Waals surface area contributed by atoms with Crippen molar-refractivity contribution in [2.45, 2.75) is 38.7 Å². The van der Waals surface area contributed by atoms with Gasteiger partial charge in [0.05, 0.1) is 19.1 Å². The fraction of sp³-hybridized carbons (Fsp3) is 0.632. The van der Waals surface area contributed by atoms with Crippen molar-refractivity contribution < 1.29 is 28.5 Å². The average Bonchev–Trinajstić information content (AvgIpc) is 3.34. The summed E-state index contributed by atoms with van der Waals surface area (Å²) in [5.41, 5.74) is 1.000. The second kappa shape index (κ2) is 7.06. The van der Waals surface area contributed by atoms with Crippen molar-refractivity contribution in [1.29, 1.82) is 0 Å². The summed E-state index contributed by atoms with van der Waals surface area (Å²) in [7, 11) is 0. The van der Waals surface area contributed by atoms with Crippen LogP contribution in [0.2, 0.25) is 0 Å². The molecule has 2 atom stereocenters. The molecule has 4 rings (SSSR count). The third kappa shape index (κ3) is 3.79. The Morgan fingerprint density at radius 3 is 2.81 bits per heavy atom. The molecule has 3 heterocycles. The molecule has 2 saturated heterocycles. The summed E-state index contributed by atoms with van der Waals surface area (Å²) in [5.74, 6) is 0.882. The highest BCUT2D eigenvalue weighted by atomic mass is 16.7. The Morgan fingerprint density at radius 2 is 2.08 bits per heavy atom. The van der Waals surface area contributed by atoms with E-state index in [2.05, 4.69) is 0 Å². The van der Waals surface area contributed by atoms with Crippen LogP contribution in [-0.4, -0.2) is 55.9 Å². The molecular weight excluding hydrogens is 338 g/mol. The van der Waals surface area contributed by atoms with E-state index in [1.807, 2.05) is 36.9 Å². The van der Waals surface area contributed by atoms with E-state index in [-0.39, 0.29) is 24.7 Å². The number of rotatable bonds is 5. The maximum atomic E-state index is 13.0. The molecule has 0 saturated carbocycles. The maximum Gasteiger partial charge on any atom is 0.231 e. The van der Waals surface area contributed by atoms with Gasteiger partial charge >= 0.3 is 0 Å². The van der Waals surface area contributed by atoms with Gasteiger partial charge in [-0.1, -0.05) is 6.07 Å². The van der Waals surface area contributed by atoms with E-state index >= 15 is 0 Å². The monoisotopic (exact) mass is 363 g/mol.